The Labute approximate surface area is 146 Å². The average molecular weight is 340 g/mol. The van der Waals surface area contributed by atoms with Gasteiger partial charge in [-0.15, -0.1) is 0 Å². The Morgan fingerprint density at radius 2 is 1.88 bits per heavy atom. The first-order valence-corrected chi connectivity index (χ1v) is 8.97. The monoisotopic (exact) mass is 340 g/mol. The summed E-state index contributed by atoms with van der Waals surface area (Å²) in [5.41, 5.74) is 1.72. The van der Waals surface area contributed by atoms with Crippen LogP contribution < -0.4 is 9.47 Å². The zero-order chi connectivity index (χ0) is 16.9. The number of benzene rings is 2. The molecule has 0 aromatic heterocycles. The van der Waals surface area contributed by atoms with Gasteiger partial charge in [0.05, 0.1) is 18.1 Å². The fourth-order valence-electron chi connectivity index (χ4n) is 2.50. The minimum Gasteiger partial charge on any atom is -0.490 e. The summed E-state index contributed by atoms with van der Waals surface area (Å²) in [5.74, 6) is 1.54. The number of ether oxygens (including phenoxy) is 2. The molecular weight excluding hydrogens is 320 g/mol. The molecule has 4 heteroatoms. The largest absolute Gasteiger partial charge is 0.490 e. The fraction of sp³-hybridized carbons (Fsp3) is 0.250. The van der Waals surface area contributed by atoms with Crippen LogP contribution >= 0.6 is 11.8 Å². The van der Waals surface area contributed by atoms with E-state index < -0.39 is 0 Å². The number of hydrogen-bond donors (Lipinski definition) is 0. The van der Waals surface area contributed by atoms with E-state index in [1.807, 2.05) is 55.5 Å². The van der Waals surface area contributed by atoms with Crippen LogP contribution in [0, 0.1) is 0 Å². The highest BCUT2D eigenvalue weighted by molar-refractivity contribution is 8.04. The predicted octanol–water partition coefficient (Wildman–Crippen LogP) is 5.20. The minimum absolute atomic E-state index is 0.0832. The summed E-state index contributed by atoms with van der Waals surface area (Å²) < 4.78 is 11.4. The summed E-state index contributed by atoms with van der Waals surface area (Å²) in [4.78, 5) is 14.2. The molecule has 1 aliphatic rings. The number of rotatable bonds is 6. The van der Waals surface area contributed by atoms with Gasteiger partial charge >= 0.3 is 0 Å². The maximum atomic E-state index is 12.5. The predicted molar refractivity (Wildman–Crippen MR) is 98.0 cm³/mol. The molecule has 1 aliphatic heterocycles. The van der Waals surface area contributed by atoms with Gasteiger partial charge in [0.2, 0.25) is 5.78 Å². The molecule has 2 aromatic rings. The number of ketones is 1. The second-order valence-corrected chi connectivity index (χ2v) is 6.51. The lowest BCUT2D eigenvalue weighted by atomic mass is 10.1. The van der Waals surface area contributed by atoms with Gasteiger partial charge in [-0.05, 0) is 49.2 Å². The number of hydrogen-bond acceptors (Lipinski definition) is 4. The van der Waals surface area contributed by atoms with Crippen molar-refractivity contribution in [1.82, 2.24) is 0 Å². The molecule has 0 aliphatic carbocycles. The Kier molecular flexibility index (Phi) is 5.26. The molecule has 0 saturated heterocycles. The molecule has 0 unspecified atom stereocenters. The number of carbonyl (C=O) groups is 1. The SMILES string of the molecule is CCCOc1ccc(C=C2Sc3ccccc3C2=O)cc1OCC. The van der Waals surface area contributed by atoms with E-state index in [-0.39, 0.29) is 5.78 Å². The molecule has 1 heterocycles. The summed E-state index contributed by atoms with van der Waals surface area (Å²) in [5, 5.41) is 0. The van der Waals surface area contributed by atoms with Crippen molar-refractivity contribution >= 4 is 23.6 Å². The van der Waals surface area contributed by atoms with Crippen molar-refractivity contribution in [2.75, 3.05) is 13.2 Å². The molecule has 0 N–H and O–H groups in total. The Morgan fingerprint density at radius 1 is 1.04 bits per heavy atom. The number of carbonyl (C=O) groups excluding carboxylic acids is 1. The van der Waals surface area contributed by atoms with Crippen LogP contribution in [0.2, 0.25) is 0 Å². The summed E-state index contributed by atoms with van der Waals surface area (Å²) in [6.07, 6.45) is 2.86. The number of Topliss-reactive ketones (excluding diaryl/α,β-unsaturated/α-hetero) is 1. The standard InChI is InChI=1S/C20H20O3S/c1-3-11-23-16-10-9-14(12-17(16)22-4-2)13-19-20(21)15-7-5-6-8-18(15)24-19/h5-10,12-13H,3-4,11H2,1-2H3. The molecule has 0 spiro atoms. The van der Waals surface area contributed by atoms with E-state index in [9.17, 15) is 4.79 Å². The molecule has 0 amide bonds. The molecule has 0 bridgehead atoms. The normalized spacial score (nSPS) is 14.8. The van der Waals surface area contributed by atoms with Crippen molar-refractivity contribution in [2.45, 2.75) is 25.2 Å². The van der Waals surface area contributed by atoms with Crippen LogP contribution in [0.15, 0.2) is 52.3 Å². The molecule has 0 fully saturated rings. The van der Waals surface area contributed by atoms with E-state index in [0.717, 1.165) is 33.1 Å². The highest BCUT2D eigenvalue weighted by atomic mass is 32.2. The number of fused-ring (bicyclic) bond motifs is 1. The summed E-state index contributed by atoms with van der Waals surface area (Å²) in [6.45, 7) is 5.24. The molecule has 124 valence electrons. The zero-order valence-electron chi connectivity index (χ0n) is 13.9. The summed E-state index contributed by atoms with van der Waals surface area (Å²) in [6, 6.07) is 13.5. The van der Waals surface area contributed by atoms with Crippen LogP contribution in [0.3, 0.4) is 0 Å². The fourth-order valence-corrected chi connectivity index (χ4v) is 3.55. The number of thioether (sulfide) groups is 1. The van der Waals surface area contributed by atoms with Gasteiger partial charge in [0, 0.05) is 10.5 Å². The van der Waals surface area contributed by atoms with E-state index in [1.54, 1.807) is 0 Å². The number of allylic oxidation sites excluding steroid dienone is 1. The molecule has 0 radical (unpaired) electrons. The van der Waals surface area contributed by atoms with Crippen molar-refractivity contribution in [3.63, 3.8) is 0 Å². The molecule has 3 rings (SSSR count). The van der Waals surface area contributed by atoms with Crippen molar-refractivity contribution < 1.29 is 14.3 Å². The van der Waals surface area contributed by atoms with Gasteiger partial charge in [0.25, 0.3) is 0 Å². The van der Waals surface area contributed by atoms with E-state index >= 15 is 0 Å². The lowest BCUT2D eigenvalue weighted by Gasteiger charge is -2.12. The molecule has 3 nitrogen and oxygen atoms in total. The topological polar surface area (TPSA) is 35.5 Å². The second-order valence-electron chi connectivity index (χ2n) is 5.42. The van der Waals surface area contributed by atoms with Crippen molar-refractivity contribution in [3.8, 4) is 11.5 Å². The smallest absolute Gasteiger partial charge is 0.200 e. The highest BCUT2D eigenvalue weighted by Crippen LogP contribution is 2.41. The van der Waals surface area contributed by atoms with Gasteiger partial charge in [0.1, 0.15) is 0 Å². The minimum atomic E-state index is 0.0832. The molecule has 24 heavy (non-hydrogen) atoms. The third kappa shape index (κ3) is 3.49. The average Bonchev–Trinajstić information content (AvgIpc) is 2.91. The lowest BCUT2D eigenvalue weighted by Crippen LogP contribution is -2.00. The van der Waals surface area contributed by atoms with Gasteiger partial charge in [-0.2, -0.15) is 0 Å². The summed E-state index contributed by atoms with van der Waals surface area (Å²) >= 11 is 1.52. The lowest BCUT2D eigenvalue weighted by molar-refractivity contribution is 0.104. The van der Waals surface area contributed by atoms with Crippen LogP contribution in [0.4, 0.5) is 0 Å². The summed E-state index contributed by atoms with van der Waals surface area (Å²) in [7, 11) is 0. The van der Waals surface area contributed by atoms with Gasteiger partial charge in [-0.25, -0.2) is 0 Å². The first kappa shape index (κ1) is 16.7. The van der Waals surface area contributed by atoms with Gasteiger partial charge in [-0.1, -0.05) is 36.9 Å². The molecule has 2 aromatic carbocycles. The maximum absolute atomic E-state index is 12.5. The zero-order valence-corrected chi connectivity index (χ0v) is 14.7. The van der Waals surface area contributed by atoms with E-state index in [4.69, 9.17) is 9.47 Å². The maximum Gasteiger partial charge on any atom is 0.200 e. The Balaban J connectivity index is 1.88. The first-order chi connectivity index (χ1) is 11.7. The van der Waals surface area contributed by atoms with Crippen LogP contribution in [0.25, 0.3) is 6.08 Å². The van der Waals surface area contributed by atoms with Crippen LogP contribution in [-0.4, -0.2) is 19.0 Å². The van der Waals surface area contributed by atoms with Crippen molar-refractivity contribution in [2.24, 2.45) is 0 Å². The van der Waals surface area contributed by atoms with E-state index in [1.165, 1.54) is 11.8 Å². The van der Waals surface area contributed by atoms with Crippen molar-refractivity contribution in [1.29, 1.82) is 0 Å². The molecule has 0 saturated carbocycles. The van der Waals surface area contributed by atoms with Gasteiger partial charge in [0.15, 0.2) is 11.5 Å². The third-order valence-electron chi connectivity index (χ3n) is 3.60. The Morgan fingerprint density at radius 3 is 2.62 bits per heavy atom. The van der Waals surface area contributed by atoms with Gasteiger partial charge < -0.3 is 9.47 Å². The quantitative estimate of drug-likeness (QED) is 0.677. The van der Waals surface area contributed by atoms with Crippen LogP contribution in [-0.2, 0) is 0 Å². The van der Waals surface area contributed by atoms with Crippen LogP contribution in [0.5, 0.6) is 11.5 Å². The van der Waals surface area contributed by atoms with Crippen LogP contribution in [0.1, 0.15) is 36.2 Å². The third-order valence-corrected chi connectivity index (χ3v) is 4.70. The highest BCUT2D eigenvalue weighted by Gasteiger charge is 2.25. The Bertz CT molecular complexity index is 780. The molecule has 0 atom stereocenters. The molecular formula is C20H20O3S. The van der Waals surface area contributed by atoms with Crippen molar-refractivity contribution in [3.05, 3.63) is 58.5 Å². The van der Waals surface area contributed by atoms with Gasteiger partial charge in [-0.3, -0.25) is 4.79 Å². The van der Waals surface area contributed by atoms with E-state index in [0.29, 0.717) is 19.0 Å². The Hall–Kier alpha value is -2.20. The first-order valence-electron chi connectivity index (χ1n) is 8.15. The second kappa shape index (κ2) is 7.58. The van der Waals surface area contributed by atoms with E-state index in [2.05, 4.69) is 6.92 Å².